The van der Waals surface area contributed by atoms with Crippen molar-refractivity contribution in [2.75, 3.05) is 19.8 Å². The number of rotatable bonds is 9. The number of hydrogen-bond donors (Lipinski definition) is 4. The summed E-state index contributed by atoms with van der Waals surface area (Å²) in [7, 11) is 0. The van der Waals surface area contributed by atoms with Gasteiger partial charge >= 0.3 is 5.97 Å². The number of nitrogens with one attached hydrogen (secondary N) is 1. The third-order valence-electron chi connectivity index (χ3n) is 3.08. The minimum atomic E-state index is -1.03. The summed E-state index contributed by atoms with van der Waals surface area (Å²) in [5.41, 5.74) is 1.50. The Morgan fingerprint density at radius 1 is 1.43 bits per heavy atom. The van der Waals surface area contributed by atoms with E-state index in [1.165, 1.54) is 0 Å². The third kappa shape index (κ3) is 5.34. The van der Waals surface area contributed by atoms with Gasteiger partial charge in [-0.25, -0.2) is 0 Å². The Hall–Kier alpha value is -1.63. The fraction of sp³-hybridized carbons (Fsp3) is 0.533. The van der Waals surface area contributed by atoms with Crippen LogP contribution < -0.4 is 10.1 Å². The zero-order valence-electron chi connectivity index (χ0n) is 12.4. The molecular formula is C15H23NO5. The van der Waals surface area contributed by atoms with Crippen LogP contribution in [0.4, 0.5) is 0 Å². The smallest absolute Gasteiger partial charge is 0.305 e. The Morgan fingerprint density at radius 2 is 2.14 bits per heavy atom. The zero-order valence-corrected chi connectivity index (χ0v) is 12.4. The monoisotopic (exact) mass is 297 g/mol. The van der Waals surface area contributed by atoms with E-state index in [0.29, 0.717) is 17.9 Å². The molecule has 1 rings (SSSR count). The average Bonchev–Trinajstić information content (AvgIpc) is 2.44. The maximum Gasteiger partial charge on any atom is 0.305 e. The summed E-state index contributed by atoms with van der Waals surface area (Å²) in [5, 5.41) is 31.2. The molecule has 0 radical (unpaired) electrons. The largest absolute Gasteiger partial charge is 0.493 e. The van der Waals surface area contributed by atoms with Gasteiger partial charge in [0, 0.05) is 18.2 Å². The highest BCUT2D eigenvalue weighted by atomic mass is 16.5. The number of ether oxygens (including phenoxy) is 1. The standard InChI is InChI=1S/C15H23NO5/c1-3-21-13-5-4-10(2)8-11(13)15(20)12(9-14(18)19)16-6-7-17/h4-5,8,12,15-17,20H,3,6-7,9H2,1-2H3,(H,18,19). The number of aliphatic carboxylic acids is 1. The Balaban J connectivity index is 3.02. The second kappa shape index (κ2) is 8.61. The van der Waals surface area contributed by atoms with E-state index < -0.39 is 18.1 Å². The molecule has 2 atom stereocenters. The predicted molar refractivity (Wildman–Crippen MR) is 78.4 cm³/mol. The van der Waals surface area contributed by atoms with Crippen LogP contribution in [0.1, 0.15) is 30.6 Å². The van der Waals surface area contributed by atoms with Crippen LogP contribution in [0.5, 0.6) is 5.75 Å². The molecule has 6 heteroatoms. The summed E-state index contributed by atoms with van der Waals surface area (Å²) in [6.07, 6.45) is -1.28. The highest BCUT2D eigenvalue weighted by Gasteiger charge is 2.25. The molecule has 0 heterocycles. The van der Waals surface area contributed by atoms with E-state index in [2.05, 4.69) is 5.32 Å². The van der Waals surface area contributed by atoms with Crippen molar-refractivity contribution in [2.24, 2.45) is 0 Å². The van der Waals surface area contributed by atoms with Gasteiger partial charge in [-0.05, 0) is 26.0 Å². The van der Waals surface area contributed by atoms with Crippen molar-refractivity contribution >= 4 is 5.97 Å². The summed E-state index contributed by atoms with van der Waals surface area (Å²) in [6.45, 7) is 4.27. The second-order valence-corrected chi connectivity index (χ2v) is 4.80. The van der Waals surface area contributed by atoms with E-state index in [4.69, 9.17) is 14.9 Å². The van der Waals surface area contributed by atoms with Crippen LogP contribution in [0.2, 0.25) is 0 Å². The van der Waals surface area contributed by atoms with Crippen LogP contribution in [0.25, 0.3) is 0 Å². The minimum absolute atomic E-state index is 0.130. The maximum atomic E-state index is 10.9. The summed E-state index contributed by atoms with van der Waals surface area (Å²) in [6, 6.07) is 4.72. The lowest BCUT2D eigenvalue weighted by atomic mass is 9.97. The molecule has 1 aromatic rings. The number of benzene rings is 1. The van der Waals surface area contributed by atoms with Gasteiger partial charge in [-0.3, -0.25) is 4.79 Å². The molecular weight excluding hydrogens is 274 g/mol. The van der Waals surface area contributed by atoms with Gasteiger partial charge in [-0.15, -0.1) is 0 Å². The lowest BCUT2D eigenvalue weighted by Gasteiger charge is -2.25. The molecule has 0 spiro atoms. The molecule has 2 unspecified atom stereocenters. The van der Waals surface area contributed by atoms with Crippen LogP contribution in [-0.2, 0) is 4.79 Å². The minimum Gasteiger partial charge on any atom is -0.493 e. The summed E-state index contributed by atoms with van der Waals surface area (Å²) < 4.78 is 5.49. The topological polar surface area (TPSA) is 99.0 Å². The quantitative estimate of drug-likeness (QED) is 0.539. The van der Waals surface area contributed by atoms with Crippen molar-refractivity contribution in [3.63, 3.8) is 0 Å². The molecule has 0 aliphatic carbocycles. The van der Waals surface area contributed by atoms with Crippen molar-refractivity contribution < 1.29 is 24.9 Å². The van der Waals surface area contributed by atoms with E-state index in [9.17, 15) is 9.90 Å². The van der Waals surface area contributed by atoms with Crippen LogP contribution in [0.3, 0.4) is 0 Å². The van der Waals surface area contributed by atoms with Crippen molar-refractivity contribution in [1.29, 1.82) is 0 Å². The number of carboxylic acids is 1. The first kappa shape index (κ1) is 17.4. The van der Waals surface area contributed by atoms with Crippen molar-refractivity contribution in [3.05, 3.63) is 29.3 Å². The second-order valence-electron chi connectivity index (χ2n) is 4.80. The third-order valence-corrected chi connectivity index (χ3v) is 3.08. The van der Waals surface area contributed by atoms with Gasteiger partial charge in [0.25, 0.3) is 0 Å². The number of carboxylic acid groups (broad SMARTS) is 1. The van der Waals surface area contributed by atoms with Crippen LogP contribution in [0, 0.1) is 6.92 Å². The Morgan fingerprint density at radius 3 is 2.71 bits per heavy atom. The first-order valence-electron chi connectivity index (χ1n) is 6.97. The van der Waals surface area contributed by atoms with Gasteiger partial charge < -0.3 is 25.4 Å². The van der Waals surface area contributed by atoms with E-state index in [1.807, 2.05) is 19.9 Å². The zero-order chi connectivity index (χ0) is 15.8. The molecule has 0 amide bonds. The van der Waals surface area contributed by atoms with Crippen LogP contribution in [-0.4, -0.2) is 47.1 Å². The molecule has 4 N–H and O–H groups in total. The Kier molecular flexibility index (Phi) is 7.14. The summed E-state index contributed by atoms with van der Waals surface area (Å²) in [5.74, 6) is -0.480. The SMILES string of the molecule is CCOc1ccc(C)cc1C(O)C(CC(=O)O)NCCO. The van der Waals surface area contributed by atoms with Gasteiger partial charge in [-0.1, -0.05) is 11.6 Å². The number of aliphatic hydroxyl groups is 2. The van der Waals surface area contributed by atoms with E-state index >= 15 is 0 Å². The predicted octanol–water partition coefficient (Wildman–Crippen LogP) is 0.852. The summed E-state index contributed by atoms with van der Waals surface area (Å²) >= 11 is 0. The fourth-order valence-electron chi connectivity index (χ4n) is 2.14. The highest BCUT2D eigenvalue weighted by Crippen LogP contribution is 2.29. The number of hydrogen-bond acceptors (Lipinski definition) is 5. The molecule has 0 saturated heterocycles. The molecule has 21 heavy (non-hydrogen) atoms. The Labute approximate surface area is 124 Å². The van der Waals surface area contributed by atoms with E-state index in [-0.39, 0.29) is 19.6 Å². The average molecular weight is 297 g/mol. The molecule has 0 fully saturated rings. The lowest BCUT2D eigenvalue weighted by Crippen LogP contribution is -2.38. The van der Waals surface area contributed by atoms with Gasteiger partial charge in [-0.2, -0.15) is 0 Å². The van der Waals surface area contributed by atoms with Crippen molar-refractivity contribution in [3.8, 4) is 5.75 Å². The van der Waals surface area contributed by atoms with Gasteiger partial charge in [0.2, 0.25) is 0 Å². The molecule has 0 saturated carbocycles. The first-order valence-corrected chi connectivity index (χ1v) is 6.97. The molecule has 0 aliphatic heterocycles. The van der Waals surface area contributed by atoms with Crippen LogP contribution in [0.15, 0.2) is 18.2 Å². The number of aliphatic hydroxyl groups excluding tert-OH is 2. The molecule has 0 aliphatic rings. The fourth-order valence-corrected chi connectivity index (χ4v) is 2.14. The van der Waals surface area contributed by atoms with Crippen molar-refractivity contribution in [1.82, 2.24) is 5.32 Å². The maximum absolute atomic E-state index is 10.9. The van der Waals surface area contributed by atoms with Gasteiger partial charge in [0.15, 0.2) is 0 Å². The van der Waals surface area contributed by atoms with Crippen molar-refractivity contribution in [2.45, 2.75) is 32.4 Å². The normalized spacial score (nSPS) is 13.7. The molecule has 1 aromatic carbocycles. The molecule has 0 bridgehead atoms. The highest BCUT2D eigenvalue weighted by molar-refractivity contribution is 5.67. The first-order chi connectivity index (χ1) is 9.99. The van der Waals surface area contributed by atoms with Gasteiger partial charge in [0.05, 0.1) is 25.7 Å². The number of aryl methyl sites for hydroxylation is 1. The van der Waals surface area contributed by atoms with E-state index in [0.717, 1.165) is 5.56 Å². The van der Waals surface area contributed by atoms with Crippen LogP contribution >= 0.6 is 0 Å². The lowest BCUT2D eigenvalue weighted by molar-refractivity contribution is -0.138. The summed E-state index contributed by atoms with van der Waals surface area (Å²) in [4.78, 5) is 10.9. The Bertz CT molecular complexity index is 463. The molecule has 0 aromatic heterocycles. The molecule has 118 valence electrons. The van der Waals surface area contributed by atoms with E-state index in [1.54, 1.807) is 12.1 Å². The van der Waals surface area contributed by atoms with Gasteiger partial charge in [0.1, 0.15) is 5.75 Å². The number of carbonyl (C=O) groups is 1. The molecule has 6 nitrogen and oxygen atoms in total.